The Kier molecular flexibility index (Phi) is 4.58. The number of aliphatic imine (C=N–C) groups is 1. The van der Waals surface area contributed by atoms with Gasteiger partial charge in [-0.1, -0.05) is 47.5 Å². The summed E-state index contributed by atoms with van der Waals surface area (Å²) >= 11 is 12.0. The van der Waals surface area contributed by atoms with E-state index in [0.717, 1.165) is 0 Å². The topological polar surface area (TPSA) is 66.8 Å². The van der Waals surface area contributed by atoms with Crippen LogP contribution in [0.2, 0.25) is 10.0 Å². The molecule has 0 atom stereocenters. The normalized spacial score (nSPS) is 15.0. The number of amides is 1. The summed E-state index contributed by atoms with van der Waals surface area (Å²) < 4.78 is 0. The molecule has 0 fully saturated rings. The molecule has 0 radical (unpaired) electrons. The highest BCUT2D eigenvalue weighted by Crippen LogP contribution is 2.42. The zero-order valence-electron chi connectivity index (χ0n) is 15.8. The van der Waals surface area contributed by atoms with Crippen molar-refractivity contribution in [3.8, 4) is 0 Å². The van der Waals surface area contributed by atoms with Gasteiger partial charge in [-0.3, -0.25) is 19.3 Å². The van der Waals surface area contributed by atoms with Gasteiger partial charge in [-0.2, -0.15) is 0 Å². The quantitative estimate of drug-likeness (QED) is 0.316. The van der Waals surface area contributed by atoms with Crippen molar-refractivity contribution in [2.45, 2.75) is 0 Å². The highest BCUT2D eigenvalue weighted by atomic mass is 35.5. The standard InChI is InChI=1S/C24H12Cl2N2O3/c25-15-9-5-13(6-10-15)20-21-19(22(29)14-7-11-16(26)12-8-14)23(30)24(31)28(21)18-4-2-1-3-17(18)27-20/h1-12H. The predicted molar refractivity (Wildman–Crippen MR) is 119 cm³/mol. The largest absolute Gasteiger partial charge is 0.304 e. The predicted octanol–water partition coefficient (Wildman–Crippen LogP) is 5.18. The average molecular weight is 447 g/mol. The molecule has 2 aliphatic rings. The van der Waals surface area contributed by atoms with Crippen LogP contribution in [0, 0.1) is 0 Å². The van der Waals surface area contributed by atoms with Crippen LogP contribution in [0.5, 0.6) is 0 Å². The van der Waals surface area contributed by atoms with E-state index in [4.69, 9.17) is 28.2 Å². The zero-order chi connectivity index (χ0) is 21.7. The molecule has 0 saturated carbocycles. The van der Waals surface area contributed by atoms with Crippen molar-refractivity contribution in [3.63, 3.8) is 0 Å². The summed E-state index contributed by atoms with van der Waals surface area (Å²) in [7, 11) is 0. The second-order valence-corrected chi connectivity index (χ2v) is 7.86. The number of carbonyl (C=O) groups excluding carboxylic acids is 3. The molecule has 1 amide bonds. The SMILES string of the molecule is O=C1C(=O)N2C(=C1C(=O)c1ccc(Cl)cc1)C(c1ccc(Cl)cc1)=Nc1ccccc12. The van der Waals surface area contributed by atoms with Crippen LogP contribution in [-0.4, -0.2) is 23.2 Å². The lowest BCUT2D eigenvalue weighted by atomic mass is 9.95. The van der Waals surface area contributed by atoms with E-state index in [-0.39, 0.29) is 16.8 Å². The number of anilines is 1. The van der Waals surface area contributed by atoms with Crippen LogP contribution in [0.15, 0.2) is 89.1 Å². The summed E-state index contributed by atoms with van der Waals surface area (Å²) in [6.45, 7) is 0. The molecule has 3 aromatic rings. The number of carbonyl (C=O) groups is 3. The minimum Gasteiger partial charge on any atom is -0.288 e. The lowest BCUT2D eigenvalue weighted by Crippen LogP contribution is -2.33. The maximum Gasteiger partial charge on any atom is 0.304 e. The van der Waals surface area contributed by atoms with E-state index in [1.165, 1.54) is 17.0 Å². The molecule has 31 heavy (non-hydrogen) atoms. The van der Waals surface area contributed by atoms with Crippen molar-refractivity contribution in [2.75, 3.05) is 4.90 Å². The van der Waals surface area contributed by atoms with Crippen LogP contribution in [0.1, 0.15) is 15.9 Å². The first-order valence-electron chi connectivity index (χ1n) is 9.33. The number of ketones is 2. The molecule has 7 heteroatoms. The van der Waals surface area contributed by atoms with Crippen molar-refractivity contribution >= 4 is 57.8 Å². The molecule has 2 aliphatic heterocycles. The molecule has 3 aromatic carbocycles. The first-order chi connectivity index (χ1) is 15.0. The third-order valence-corrected chi connectivity index (χ3v) is 5.62. The number of fused-ring (bicyclic) bond motifs is 3. The van der Waals surface area contributed by atoms with Gasteiger partial charge in [0.1, 0.15) is 5.57 Å². The van der Waals surface area contributed by atoms with Crippen molar-refractivity contribution in [1.82, 2.24) is 0 Å². The van der Waals surface area contributed by atoms with Gasteiger partial charge in [0.2, 0.25) is 0 Å². The Bertz CT molecular complexity index is 1340. The minimum atomic E-state index is -0.867. The average Bonchev–Trinajstić information content (AvgIpc) is 3.05. The van der Waals surface area contributed by atoms with E-state index < -0.39 is 17.5 Å². The molecule has 5 nitrogen and oxygen atoms in total. The van der Waals surface area contributed by atoms with Crippen molar-refractivity contribution in [2.24, 2.45) is 4.99 Å². The molecule has 5 rings (SSSR count). The van der Waals surface area contributed by atoms with Gasteiger partial charge in [-0.25, -0.2) is 4.99 Å². The molecular weight excluding hydrogens is 435 g/mol. The molecule has 0 bridgehead atoms. The summed E-state index contributed by atoms with van der Waals surface area (Å²) in [6, 6.07) is 20.0. The van der Waals surface area contributed by atoms with Crippen LogP contribution in [0.25, 0.3) is 0 Å². The number of nitrogens with zero attached hydrogens (tertiary/aromatic N) is 2. The van der Waals surface area contributed by atoms with Crippen LogP contribution < -0.4 is 4.90 Å². The van der Waals surface area contributed by atoms with E-state index >= 15 is 0 Å². The van der Waals surface area contributed by atoms with Gasteiger partial charge >= 0.3 is 5.91 Å². The molecule has 0 saturated heterocycles. The summed E-state index contributed by atoms with van der Waals surface area (Å²) in [5, 5.41) is 0.988. The molecule has 0 N–H and O–H groups in total. The number of hydrogen-bond donors (Lipinski definition) is 0. The highest BCUT2D eigenvalue weighted by molar-refractivity contribution is 6.60. The second kappa shape index (κ2) is 7.30. The third-order valence-electron chi connectivity index (χ3n) is 5.12. The lowest BCUT2D eigenvalue weighted by molar-refractivity contribution is -0.132. The maximum atomic E-state index is 13.3. The Hall–Kier alpha value is -3.54. The molecule has 0 aromatic heterocycles. The zero-order valence-corrected chi connectivity index (χ0v) is 17.3. The van der Waals surface area contributed by atoms with Gasteiger partial charge in [0, 0.05) is 21.2 Å². The Morgan fingerprint density at radius 2 is 1.42 bits per heavy atom. The van der Waals surface area contributed by atoms with Gasteiger partial charge in [0.25, 0.3) is 5.78 Å². The summed E-state index contributed by atoms with van der Waals surface area (Å²) in [5.41, 5.74) is 2.18. The molecule has 0 spiro atoms. The molecule has 0 aliphatic carbocycles. The third kappa shape index (κ3) is 3.10. The van der Waals surface area contributed by atoms with E-state index in [9.17, 15) is 14.4 Å². The first-order valence-corrected chi connectivity index (χ1v) is 10.1. The van der Waals surface area contributed by atoms with Crippen molar-refractivity contribution < 1.29 is 14.4 Å². The fourth-order valence-electron chi connectivity index (χ4n) is 3.67. The molecule has 2 heterocycles. The number of para-hydroxylation sites is 2. The van der Waals surface area contributed by atoms with Gasteiger partial charge in [-0.05, 0) is 48.5 Å². The summed E-state index contributed by atoms with van der Waals surface area (Å²) in [6.07, 6.45) is 0. The molecule has 0 unspecified atom stereocenters. The second-order valence-electron chi connectivity index (χ2n) is 6.99. The van der Waals surface area contributed by atoms with Gasteiger partial charge in [-0.15, -0.1) is 0 Å². The number of Topliss-reactive ketones (excluding diaryl/α,β-unsaturated/α-hetero) is 2. The van der Waals surface area contributed by atoms with Crippen LogP contribution in [0.3, 0.4) is 0 Å². The Balaban J connectivity index is 1.78. The molecular formula is C24H12Cl2N2O3. The molecule has 150 valence electrons. The van der Waals surface area contributed by atoms with E-state index in [0.29, 0.717) is 32.7 Å². The smallest absolute Gasteiger partial charge is 0.288 e. The first kappa shape index (κ1) is 19.4. The van der Waals surface area contributed by atoms with Gasteiger partial charge in [0.05, 0.1) is 22.8 Å². The minimum absolute atomic E-state index is 0.177. The summed E-state index contributed by atoms with van der Waals surface area (Å²) in [4.78, 5) is 45.3. The van der Waals surface area contributed by atoms with Crippen LogP contribution in [0.4, 0.5) is 11.4 Å². The Morgan fingerprint density at radius 1 is 0.806 bits per heavy atom. The lowest BCUT2D eigenvalue weighted by Gasteiger charge is -2.27. The monoisotopic (exact) mass is 446 g/mol. The fourth-order valence-corrected chi connectivity index (χ4v) is 3.92. The maximum absolute atomic E-state index is 13.3. The van der Waals surface area contributed by atoms with E-state index in [2.05, 4.69) is 0 Å². The fraction of sp³-hybridized carbons (Fsp3) is 0. The summed E-state index contributed by atoms with van der Waals surface area (Å²) in [5.74, 6) is -2.22. The van der Waals surface area contributed by atoms with Crippen molar-refractivity contribution in [3.05, 3.63) is 105 Å². The van der Waals surface area contributed by atoms with Crippen LogP contribution >= 0.6 is 23.2 Å². The van der Waals surface area contributed by atoms with Crippen LogP contribution in [-0.2, 0) is 9.59 Å². The van der Waals surface area contributed by atoms with Gasteiger partial charge < -0.3 is 0 Å². The number of allylic oxidation sites excluding steroid dienone is 1. The van der Waals surface area contributed by atoms with Crippen molar-refractivity contribution in [1.29, 1.82) is 0 Å². The highest BCUT2D eigenvalue weighted by Gasteiger charge is 2.47. The number of rotatable bonds is 3. The Morgan fingerprint density at radius 3 is 2.10 bits per heavy atom. The van der Waals surface area contributed by atoms with E-state index in [1.807, 2.05) is 0 Å². The number of benzene rings is 3. The van der Waals surface area contributed by atoms with E-state index in [1.54, 1.807) is 60.7 Å². The number of hydrogen-bond acceptors (Lipinski definition) is 4. The Labute approximate surface area is 187 Å². The number of halogens is 2. The van der Waals surface area contributed by atoms with Gasteiger partial charge in [0.15, 0.2) is 5.78 Å².